The number of carbonyl (C=O) groups is 3. The summed E-state index contributed by atoms with van der Waals surface area (Å²) in [5.74, 6) is 1.49. The molecular formula is C54H97B3N3O21P3. The first kappa shape index (κ1) is 73.4. The molecule has 6 aliphatic rings. The first-order valence-corrected chi connectivity index (χ1v) is 34.8. The Bertz CT molecular complexity index is 2250. The molecule has 0 aromatic rings. The van der Waals surface area contributed by atoms with Crippen molar-refractivity contribution in [2.24, 2.45) is 29.6 Å². The van der Waals surface area contributed by atoms with Gasteiger partial charge in [0.2, 0.25) is 17.7 Å². The molecule has 0 spiro atoms. The van der Waals surface area contributed by atoms with E-state index in [1.54, 1.807) is 13.8 Å². The molecule has 30 heteroatoms. The Morgan fingerprint density at radius 1 is 0.524 bits per heavy atom. The van der Waals surface area contributed by atoms with E-state index in [1.807, 2.05) is 13.8 Å². The minimum atomic E-state index is -5.15. The van der Waals surface area contributed by atoms with Crippen molar-refractivity contribution in [3.05, 3.63) is 0 Å². The van der Waals surface area contributed by atoms with Crippen LogP contribution in [0.15, 0.2) is 0 Å². The van der Waals surface area contributed by atoms with Gasteiger partial charge in [-0.2, -0.15) is 0 Å². The molecule has 6 fully saturated rings. The standard InChI is InChI=1S/C30H50B3N3O3.C24H47O18P3/c1-17(2)11-19-5-8-22(31)25(12-19)34-28(37)15-20-6-9-23(32)26(13-20)35-29(38)16-21-7-10-24(33)27(14-21)36-30(39)18(3)4;1-11(2)37-16-8-34-14(6)23(19(16)25)41-44(30,31)39-18-10-36-15(7)24(21(18)27)42-45(32,33)38-17-9-35-13(5)22(20(17)26)40-43(28,29)12(3)4/h17-27H,5-16H2,1-4H3,(H,34,37)(H,35,38)(H,36,39);11-27H,8-10H2,1-7H3,(H,28,29)(H,30,31)(H,32,33)/t19-,20+,21+,22+,23+,24+,25+,26+,27+;13-,14-,15-,16+,17+,18+,19+,20+,21+,22-,23-,24-/m00/s1. The number of ether oxygens (including phenoxy) is 4. The van der Waals surface area contributed by atoms with E-state index in [-0.39, 0.29) is 83.8 Å². The van der Waals surface area contributed by atoms with Crippen LogP contribution in [0.25, 0.3) is 0 Å². The Balaban J connectivity index is 0.000000310. The summed E-state index contributed by atoms with van der Waals surface area (Å²) in [6, 6.07) is -0.169. The van der Waals surface area contributed by atoms with E-state index in [9.17, 15) is 58.1 Å². The van der Waals surface area contributed by atoms with Gasteiger partial charge >= 0.3 is 23.2 Å². The highest BCUT2D eigenvalue weighted by molar-refractivity contribution is 7.53. The third-order valence-electron chi connectivity index (χ3n) is 16.9. The molecule has 3 aliphatic carbocycles. The Morgan fingerprint density at radius 2 is 0.881 bits per heavy atom. The van der Waals surface area contributed by atoms with Gasteiger partial charge in [0.25, 0.3) is 0 Å². The molecule has 478 valence electrons. The molecular weight excluding hydrogens is 1150 g/mol. The predicted octanol–water partition coefficient (Wildman–Crippen LogP) is 5.03. The van der Waals surface area contributed by atoms with Crippen molar-refractivity contribution >= 4 is 64.5 Å². The number of amides is 3. The second-order valence-electron chi connectivity index (χ2n) is 25.6. The van der Waals surface area contributed by atoms with Gasteiger partial charge in [0.05, 0.1) is 73.4 Å². The average Bonchev–Trinajstić information content (AvgIpc) is 1.88. The van der Waals surface area contributed by atoms with E-state index in [1.165, 1.54) is 41.0 Å². The number of hydrogen-bond donors (Lipinski definition) is 9. The Hall–Kier alpha value is -1.31. The summed E-state index contributed by atoms with van der Waals surface area (Å²) in [6.45, 7) is 18.1. The highest BCUT2D eigenvalue weighted by Crippen LogP contribution is 2.54. The third-order valence-corrected chi connectivity index (χ3v) is 20.8. The van der Waals surface area contributed by atoms with Crippen molar-refractivity contribution in [3.63, 3.8) is 0 Å². The van der Waals surface area contributed by atoms with Gasteiger partial charge in [-0.3, -0.25) is 41.6 Å². The Labute approximate surface area is 501 Å². The van der Waals surface area contributed by atoms with Crippen molar-refractivity contribution in [2.75, 3.05) is 19.8 Å². The van der Waals surface area contributed by atoms with Crippen molar-refractivity contribution in [2.45, 2.75) is 274 Å². The molecule has 9 N–H and O–H groups in total. The Morgan fingerprint density at radius 3 is 1.26 bits per heavy atom. The molecule has 3 saturated carbocycles. The van der Waals surface area contributed by atoms with Crippen LogP contribution in [-0.4, -0.2) is 194 Å². The van der Waals surface area contributed by atoms with Crippen molar-refractivity contribution in [1.82, 2.24) is 16.0 Å². The normalized spacial score (nSPS) is 39.0. The first-order valence-electron chi connectivity index (χ1n) is 30.1. The van der Waals surface area contributed by atoms with Crippen molar-refractivity contribution in [1.29, 1.82) is 0 Å². The third kappa shape index (κ3) is 22.3. The van der Waals surface area contributed by atoms with E-state index < -0.39 is 115 Å². The van der Waals surface area contributed by atoms with Crippen LogP contribution in [0.1, 0.15) is 153 Å². The lowest BCUT2D eigenvalue weighted by atomic mass is 9.66. The minimum Gasteiger partial charge on any atom is -0.387 e. The second kappa shape index (κ2) is 32.6. The van der Waals surface area contributed by atoms with Gasteiger partial charge in [-0.05, 0) is 84.0 Å². The van der Waals surface area contributed by atoms with E-state index in [4.69, 9.17) is 65.1 Å². The smallest absolute Gasteiger partial charge is 0.387 e. The van der Waals surface area contributed by atoms with Gasteiger partial charge in [0, 0.05) is 36.9 Å². The lowest BCUT2D eigenvalue weighted by molar-refractivity contribution is -0.207. The van der Waals surface area contributed by atoms with Gasteiger partial charge < -0.3 is 64.9 Å². The zero-order chi connectivity index (χ0) is 62.8. The molecule has 84 heavy (non-hydrogen) atoms. The maximum atomic E-state index is 13.0. The number of hydrogen-bond acceptors (Lipinski definition) is 18. The molecule has 3 amide bonds. The van der Waals surface area contributed by atoms with Gasteiger partial charge in [-0.1, -0.05) is 97.5 Å². The molecule has 6 rings (SSSR count). The zero-order valence-electron chi connectivity index (χ0n) is 50.9. The lowest BCUT2D eigenvalue weighted by Gasteiger charge is -2.42. The van der Waals surface area contributed by atoms with Crippen LogP contribution >= 0.6 is 23.2 Å². The average molecular weight is 1250 g/mol. The molecule has 24 atom stereocenters. The fraction of sp³-hybridized carbons (Fsp3) is 0.944. The van der Waals surface area contributed by atoms with E-state index in [0.717, 1.165) is 51.4 Å². The summed E-state index contributed by atoms with van der Waals surface area (Å²) in [4.78, 5) is 69.3. The van der Waals surface area contributed by atoms with Crippen molar-refractivity contribution < 1.29 is 99.6 Å². The van der Waals surface area contributed by atoms with Crippen LogP contribution in [0.4, 0.5) is 0 Å². The fourth-order valence-electron chi connectivity index (χ4n) is 11.9. The molecule has 24 nitrogen and oxygen atoms in total. The number of aliphatic hydroxyl groups is 3. The van der Waals surface area contributed by atoms with Crippen LogP contribution in [0.3, 0.4) is 0 Å². The van der Waals surface area contributed by atoms with Gasteiger partial charge in [-0.25, -0.2) is 9.13 Å². The maximum Gasteiger partial charge on any atom is 0.473 e. The summed E-state index contributed by atoms with van der Waals surface area (Å²) in [5, 5.41) is 41.9. The van der Waals surface area contributed by atoms with Gasteiger partial charge in [-0.15, -0.1) is 0 Å². The van der Waals surface area contributed by atoms with Gasteiger partial charge in [0.15, 0.2) is 0 Å². The lowest BCUT2D eigenvalue weighted by Crippen LogP contribution is -2.55. The highest BCUT2D eigenvalue weighted by Gasteiger charge is 2.51. The summed E-state index contributed by atoms with van der Waals surface area (Å²) in [6.07, 6.45) is -6.44. The Kier molecular flexibility index (Phi) is 28.5. The molecule has 6 radical (unpaired) electrons. The van der Waals surface area contributed by atoms with Crippen LogP contribution in [0.2, 0.25) is 17.5 Å². The predicted molar refractivity (Wildman–Crippen MR) is 313 cm³/mol. The first-order chi connectivity index (χ1) is 39.0. The summed E-state index contributed by atoms with van der Waals surface area (Å²) >= 11 is 0. The van der Waals surface area contributed by atoms with E-state index in [2.05, 4.69) is 29.8 Å². The number of aliphatic hydroxyl groups excluding tert-OH is 3. The fourth-order valence-corrected chi connectivity index (χ4v) is 15.1. The van der Waals surface area contributed by atoms with Crippen molar-refractivity contribution in [3.8, 4) is 0 Å². The maximum absolute atomic E-state index is 13.0. The zero-order valence-corrected chi connectivity index (χ0v) is 53.6. The number of carbonyl (C=O) groups excluding carboxylic acids is 3. The monoisotopic (exact) mass is 1250 g/mol. The molecule has 3 saturated heterocycles. The molecule has 3 heterocycles. The molecule has 3 aliphatic heterocycles. The number of nitrogens with one attached hydrogen (secondary N) is 3. The molecule has 3 unspecified atom stereocenters. The molecule has 0 aromatic carbocycles. The summed E-state index contributed by atoms with van der Waals surface area (Å²) < 4.78 is 86.2. The largest absolute Gasteiger partial charge is 0.473 e. The van der Waals surface area contributed by atoms with Crippen LogP contribution in [0.5, 0.6) is 0 Å². The van der Waals surface area contributed by atoms with Crippen LogP contribution in [0, 0.1) is 29.6 Å². The van der Waals surface area contributed by atoms with Crippen LogP contribution < -0.4 is 16.0 Å². The summed E-state index contributed by atoms with van der Waals surface area (Å²) in [7, 11) is 4.67. The molecule has 0 bridgehead atoms. The van der Waals surface area contributed by atoms with Gasteiger partial charge in [0.1, 0.15) is 54.9 Å². The molecule has 0 aromatic heterocycles. The minimum absolute atomic E-state index is 0.000618. The highest BCUT2D eigenvalue weighted by atomic mass is 31.2. The van der Waals surface area contributed by atoms with E-state index in [0.29, 0.717) is 31.1 Å². The number of phosphoric acid groups is 2. The second-order valence-corrected chi connectivity index (χ2v) is 30.7. The van der Waals surface area contributed by atoms with Crippen LogP contribution in [-0.2, 0) is 69.6 Å². The quantitative estimate of drug-likeness (QED) is 0.0478. The SMILES string of the molecule is CC(C)O[C@@H]1CO[C@@H](C)[C@H](OP(=O)(O)O[C@@H]2CO[C@@H](C)[C@H](OP(=O)(O)O[C@@H]3CO[C@@H](C)[C@H](OP(=O)(O)C(C)C)[C@@H]3O)[C@@H]2O)[C@@H]1O.[B][C@@H]1CC[C@@H](CC(=O)N[C@@H]2C[C@H](CC(C)C)CC[C@H]2[B])C[C@H]1NC(=O)C[C@@H]1CC[C@@H]([B])[C@H](NC(=O)C(C)C)C1. The number of phosphoric ester groups is 2. The van der Waals surface area contributed by atoms with E-state index >= 15 is 0 Å². The topological polar surface area (TPSA) is 343 Å². The number of rotatable bonds is 23. The summed E-state index contributed by atoms with van der Waals surface area (Å²) in [5.41, 5.74) is -0.810.